The van der Waals surface area contributed by atoms with Crippen molar-refractivity contribution < 1.29 is 22.7 Å². The van der Waals surface area contributed by atoms with Crippen molar-refractivity contribution in [3.05, 3.63) is 65.2 Å². The highest BCUT2D eigenvalue weighted by molar-refractivity contribution is 7.91. The molecule has 1 saturated heterocycles. The highest BCUT2D eigenvalue weighted by atomic mass is 32.2. The summed E-state index contributed by atoms with van der Waals surface area (Å²) in [5, 5.41) is 10.7. The van der Waals surface area contributed by atoms with Gasteiger partial charge in [0.05, 0.1) is 23.4 Å². The molecule has 2 unspecified atom stereocenters. The molecule has 0 radical (unpaired) electrons. The van der Waals surface area contributed by atoms with Crippen molar-refractivity contribution in [2.45, 2.75) is 49.1 Å². The van der Waals surface area contributed by atoms with Gasteiger partial charge in [-0.15, -0.1) is 0 Å². The molecule has 1 heterocycles. The van der Waals surface area contributed by atoms with Crippen LogP contribution in [0.4, 0.5) is 4.39 Å². The van der Waals surface area contributed by atoms with Crippen LogP contribution in [0.1, 0.15) is 40.7 Å². The molecule has 0 spiro atoms. The predicted octanol–water partition coefficient (Wildman–Crippen LogP) is 3.24. The molecule has 7 heteroatoms. The Balaban J connectivity index is 1.36. The quantitative estimate of drug-likeness (QED) is 0.644. The van der Waals surface area contributed by atoms with Gasteiger partial charge in [0.15, 0.2) is 15.6 Å². The van der Waals surface area contributed by atoms with Crippen molar-refractivity contribution in [1.29, 1.82) is 0 Å². The summed E-state index contributed by atoms with van der Waals surface area (Å²) in [6.07, 6.45) is 2.52. The van der Waals surface area contributed by atoms with Crippen molar-refractivity contribution >= 4 is 15.6 Å². The summed E-state index contributed by atoms with van der Waals surface area (Å²) in [7, 11) is -3.52. The third-order valence-corrected chi connectivity index (χ3v) is 8.65. The zero-order valence-corrected chi connectivity index (χ0v) is 18.9. The number of rotatable bonds is 7. The molecule has 1 fully saturated rings. The number of aliphatic hydroxyl groups is 1. The van der Waals surface area contributed by atoms with Gasteiger partial charge < -0.3 is 5.11 Å². The lowest BCUT2D eigenvalue weighted by molar-refractivity contribution is 0.0239. The van der Waals surface area contributed by atoms with Crippen molar-refractivity contribution in [2.75, 3.05) is 25.5 Å². The van der Waals surface area contributed by atoms with E-state index < -0.39 is 22.6 Å². The molecule has 2 aromatic rings. The highest BCUT2D eigenvalue weighted by Gasteiger charge is 2.35. The van der Waals surface area contributed by atoms with Gasteiger partial charge in [-0.25, -0.2) is 8.42 Å². The van der Waals surface area contributed by atoms with Gasteiger partial charge in [0, 0.05) is 23.9 Å². The van der Waals surface area contributed by atoms with Gasteiger partial charge in [0.25, 0.3) is 0 Å². The van der Waals surface area contributed by atoms with Crippen molar-refractivity contribution in [1.82, 2.24) is 4.90 Å². The van der Waals surface area contributed by atoms with Gasteiger partial charge in [0.1, 0.15) is 0 Å². The van der Waals surface area contributed by atoms with Crippen molar-refractivity contribution in [3.8, 4) is 0 Å². The molecule has 172 valence electrons. The SMILES string of the molecule is O=C(c1ccc(S(=O)(=O)CCCF)cc1)C1CCN(C2Cc3ccccc3CC2O)CC1. The lowest BCUT2D eigenvalue weighted by Gasteiger charge is -2.41. The molecule has 1 aliphatic heterocycles. The number of Topliss-reactive ketones (excluding diaryl/α,β-unsaturated/α-hetero) is 1. The Morgan fingerprint density at radius 3 is 2.25 bits per heavy atom. The van der Waals surface area contributed by atoms with Crippen LogP contribution in [0.15, 0.2) is 53.4 Å². The Morgan fingerprint density at radius 2 is 1.62 bits per heavy atom. The number of carbonyl (C=O) groups excluding carboxylic acids is 1. The molecule has 0 bridgehead atoms. The minimum atomic E-state index is -3.52. The van der Waals surface area contributed by atoms with E-state index in [-0.39, 0.29) is 34.8 Å². The van der Waals surface area contributed by atoms with E-state index in [2.05, 4.69) is 17.0 Å². The summed E-state index contributed by atoms with van der Waals surface area (Å²) in [6, 6.07) is 14.4. The summed E-state index contributed by atoms with van der Waals surface area (Å²) in [5.74, 6) is -0.299. The second-order valence-corrected chi connectivity index (χ2v) is 11.0. The molecule has 4 rings (SSSR count). The lowest BCUT2D eigenvalue weighted by Crippen LogP contribution is -2.51. The van der Waals surface area contributed by atoms with Gasteiger partial charge in [-0.05, 0) is 62.0 Å². The summed E-state index contributed by atoms with van der Waals surface area (Å²) in [4.78, 5) is 15.4. The number of likely N-dealkylation sites (tertiary alicyclic amines) is 1. The van der Waals surface area contributed by atoms with Gasteiger partial charge in [0.2, 0.25) is 0 Å². The molecule has 2 aliphatic rings. The molecule has 2 atom stereocenters. The van der Waals surface area contributed by atoms with Crippen LogP contribution < -0.4 is 0 Å². The average molecular weight is 460 g/mol. The van der Waals surface area contributed by atoms with Crippen molar-refractivity contribution in [3.63, 3.8) is 0 Å². The highest BCUT2D eigenvalue weighted by Crippen LogP contribution is 2.29. The Morgan fingerprint density at radius 1 is 1.00 bits per heavy atom. The van der Waals surface area contributed by atoms with Crippen LogP contribution in [0.25, 0.3) is 0 Å². The summed E-state index contributed by atoms with van der Waals surface area (Å²) < 4.78 is 36.7. The molecule has 0 amide bonds. The summed E-state index contributed by atoms with van der Waals surface area (Å²) in [6.45, 7) is 0.852. The van der Waals surface area contributed by atoms with E-state index >= 15 is 0 Å². The number of ketones is 1. The third kappa shape index (κ3) is 4.95. The topological polar surface area (TPSA) is 74.7 Å². The first kappa shape index (κ1) is 23.1. The molecule has 32 heavy (non-hydrogen) atoms. The van der Waals surface area contributed by atoms with Crippen LogP contribution in [0, 0.1) is 5.92 Å². The second kappa shape index (κ2) is 9.81. The van der Waals surface area contributed by atoms with Crippen LogP contribution in [0.5, 0.6) is 0 Å². The zero-order chi connectivity index (χ0) is 22.7. The van der Waals surface area contributed by atoms with E-state index in [0.717, 1.165) is 32.4 Å². The smallest absolute Gasteiger partial charge is 0.178 e. The number of fused-ring (bicyclic) bond motifs is 1. The van der Waals surface area contributed by atoms with E-state index in [0.29, 0.717) is 12.0 Å². The number of alkyl halides is 1. The first-order valence-corrected chi connectivity index (χ1v) is 13.0. The van der Waals surface area contributed by atoms with E-state index in [1.54, 1.807) is 12.1 Å². The molecule has 5 nitrogen and oxygen atoms in total. The van der Waals surface area contributed by atoms with Crippen LogP contribution in [-0.4, -0.2) is 61.9 Å². The van der Waals surface area contributed by atoms with E-state index in [9.17, 15) is 22.7 Å². The Bertz CT molecular complexity index is 1050. The maximum atomic E-state index is 13.0. The molecule has 0 saturated carbocycles. The normalized spacial score (nSPS) is 22.4. The molecular formula is C25H30FNO4S. The van der Waals surface area contributed by atoms with Gasteiger partial charge in [-0.2, -0.15) is 0 Å². The fraction of sp³-hybridized carbons (Fsp3) is 0.480. The summed E-state index contributed by atoms with van der Waals surface area (Å²) >= 11 is 0. The molecule has 1 N–H and O–H groups in total. The van der Waals surface area contributed by atoms with Gasteiger partial charge >= 0.3 is 0 Å². The number of halogens is 1. The Labute approximate surface area is 189 Å². The molecule has 2 aromatic carbocycles. The van der Waals surface area contributed by atoms with E-state index in [1.807, 2.05) is 12.1 Å². The number of hydrogen-bond donors (Lipinski definition) is 1. The first-order chi connectivity index (χ1) is 15.4. The summed E-state index contributed by atoms with van der Waals surface area (Å²) in [5.41, 5.74) is 3.03. The maximum Gasteiger partial charge on any atom is 0.178 e. The Hall–Kier alpha value is -2.09. The number of sulfone groups is 1. The van der Waals surface area contributed by atoms with E-state index in [4.69, 9.17) is 0 Å². The predicted molar refractivity (Wildman–Crippen MR) is 121 cm³/mol. The zero-order valence-electron chi connectivity index (χ0n) is 18.1. The largest absolute Gasteiger partial charge is 0.391 e. The second-order valence-electron chi connectivity index (χ2n) is 8.87. The number of benzene rings is 2. The van der Waals surface area contributed by atoms with E-state index in [1.165, 1.54) is 23.3 Å². The number of carbonyl (C=O) groups is 1. The van der Waals surface area contributed by atoms with Crippen LogP contribution >= 0.6 is 0 Å². The molecule has 1 aliphatic carbocycles. The third-order valence-electron chi connectivity index (χ3n) is 6.83. The van der Waals surface area contributed by atoms with Crippen LogP contribution in [0.3, 0.4) is 0 Å². The van der Waals surface area contributed by atoms with Gasteiger partial charge in [-0.1, -0.05) is 36.4 Å². The standard InChI is InChI=1S/C25H30FNO4S/c26-12-3-15-32(30,31)22-8-6-18(7-9-22)25(29)19-10-13-27(14-11-19)23-16-20-4-1-2-5-21(20)17-24(23)28/h1-2,4-9,19,23-24,28H,3,10-17H2. The molecular weight excluding hydrogens is 429 g/mol. The fourth-order valence-corrected chi connectivity index (χ4v) is 6.24. The number of piperidine rings is 1. The van der Waals surface area contributed by atoms with Crippen molar-refractivity contribution in [2.24, 2.45) is 5.92 Å². The van der Waals surface area contributed by atoms with Crippen LogP contribution in [-0.2, 0) is 22.7 Å². The maximum absolute atomic E-state index is 13.0. The lowest BCUT2D eigenvalue weighted by atomic mass is 9.83. The monoisotopic (exact) mass is 459 g/mol. The van der Waals surface area contributed by atoms with Gasteiger partial charge in [-0.3, -0.25) is 14.1 Å². The number of hydrogen-bond acceptors (Lipinski definition) is 5. The molecule has 0 aromatic heterocycles. The first-order valence-electron chi connectivity index (χ1n) is 11.3. The number of nitrogens with zero attached hydrogens (tertiary/aromatic N) is 1. The Kier molecular flexibility index (Phi) is 7.08. The van der Waals surface area contributed by atoms with Crippen LogP contribution in [0.2, 0.25) is 0 Å². The minimum absolute atomic E-state index is 0.0249. The minimum Gasteiger partial charge on any atom is -0.391 e. The fourth-order valence-electron chi connectivity index (χ4n) is 4.97. The average Bonchev–Trinajstić information content (AvgIpc) is 2.82. The number of aliphatic hydroxyl groups excluding tert-OH is 1.